The first kappa shape index (κ1) is 23.7. The third kappa shape index (κ3) is 6.45. The predicted molar refractivity (Wildman–Crippen MR) is 120 cm³/mol. The number of carbonyl (C=O) groups is 2. The number of benzene rings is 2. The van der Waals surface area contributed by atoms with Crippen LogP contribution in [0.5, 0.6) is 0 Å². The maximum Gasteiger partial charge on any atom is 0.338 e. The molecule has 0 fully saturated rings. The summed E-state index contributed by atoms with van der Waals surface area (Å²) in [7, 11) is 0. The van der Waals surface area contributed by atoms with Crippen molar-refractivity contribution in [3.63, 3.8) is 0 Å². The van der Waals surface area contributed by atoms with Gasteiger partial charge in [0.25, 0.3) is 0 Å². The van der Waals surface area contributed by atoms with Crippen molar-refractivity contribution < 1.29 is 19.1 Å². The summed E-state index contributed by atoms with van der Waals surface area (Å²) >= 11 is 0. The van der Waals surface area contributed by atoms with Crippen LogP contribution in [0.25, 0.3) is 0 Å². The summed E-state index contributed by atoms with van der Waals surface area (Å²) in [5.41, 5.74) is 2.32. The molecule has 0 spiro atoms. The van der Waals surface area contributed by atoms with E-state index in [0.29, 0.717) is 11.1 Å². The highest BCUT2D eigenvalue weighted by Gasteiger charge is 2.27. The normalized spacial score (nSPS) is 12.4. The highest BCUT2D eigenvalue weighted by molar-refractivity contribution is 5.90. The average Bonchev–Trinajstić information content (AvgIpc) is 2.64. The van der Waals surface area contributed by atoms with Crippen LogP contribution in [0, 0.1) is 0 Å². The van der Waals surface area contributed by atoms with Crippen LogP contribution in [0.4, 0.5) is 0 Å². The molecule has 0 aliphatic rings. The van der Waals surface area contributed by atoms with Gasteiger partial charge >= 0.3 is 11.9 Å². The van der Waals surface area contributed by atoms with Crippen LogP contribution in [0.1, 0.15) is 87.2 Å². The van der Waals surface area contributed by atoms with E-state index in [2.05, 4.69) is 41.5 Å². The second-order valence-corrected chi connectivity index (χ2v) is 10.4. The summed E-state index contributed by atoms with van der Waals surface area (Å²) in [6, 6.07) is 14.8. The third-order valence-corrected chi connectivity index (χ3v) is 4.89. The monoisotopic (exact) mass is 410 g/mol. The molecule has 0 radical (unpaired) electrons. The SMILES string of the molecule is CC(C)(COC(=O)c1ccc(C(C)(C)C)cc1)OC(=O)c1ccc(C(C)(C)C)cc1. The fourth-order valence-electron chi connectivity index (χ4n) is 2.87. The average molecular weight is 411 g/mol. The largest absolute Gasteiger partial charge is 0.458 e. The molecule has 162 valence electrons. The van der Waals surface area contributed by atoms with Gasteiger partial charge in [-0.3, -0.25) is 0 Å². The molecule has 0 saturated carbocycles. The fourth-order valence-corrected chi connectivity index (χ4v) is 2.87. The Morgan fingerprint density at radius 2 is 1.00 bits per heavy atom. The number of carbonyl (C=O) groups excluding carboxylic acids is 2. The zero-order chi connectivity index (χ0) is 22.7. The van der Waals surface area contributed by atoms with Crippen molar-refractivity contribution in [2.24, 2.45) is 0 Å². The Morgan fingerprint density at radius 1 is 0.633 bits per heavy atom. The van der Waals surface area contributed by atoms with Gasteiger partial charge in [0.05, 0.1) is 11.1 Å². The van der Waals surface area contributed by atoms with Crippen molar-refractivity contribution in [1.82, 2.24) is 0 Å². The standard InChI is InChI=1S/C26H34O4/c1-24(2,3)20-13-9-18(10-14-20)22(27)29-17-26(7,8)30-23(28)19-11-15-21(16-12-19)25(4,5)6/h9-16H,17H2,1-8H3. The minimum absolute atomic E-state index is 0.0149. The minimum atomic E-state index is -0.944. The molecule has 0 bridgehead atoms. The van der Waals surface area contributed by atoms with Gasteiger partial charge in [-0.05, 0) is 60.1 Å². The van der Waals surface area contributed by atoms with Gasteiger partial charge in [-0.2, -0.15) is 0 Å². The van der Waals surface area contributed by atoms with E-state index >= 15 is 0 Å². The van der Waals surface area contributed by atoms with Crippen LogP contribution in [-0.2, 0) is 20.3 Å². The van der Waals surface area contributed by atoms with E-state index in [4.69, 9.17) is 9.47 Å². The summed E-state index contributed by atoms with van der Waals surface area (Å²) < 4.78 is 11.0. The second kappa shape index (κ2) is 8.63. The van der Waals surface area contributed by atoms with Gasteiger partial charge in [-0.15, -0.1) is 0 Å². The summed E-state index contributed by atoms with van der Waals surface area (Å²) in [5, 5.41) is 0. The zero-order valence-corrected chi connectivity index (χ0v) is 19.5. The van der Waals surface area contributed by atoms with Gasteiger partial charge in [0.1, 0.15) is 12.2 Å². The molecule has 0 unspecified atom stereocenters. The molecule has 4 heteroatoms. The van der Waals surface area contributed by atoms with Gasteiger partial charge in [0.15, 0.2) is 0 Å². The molecular weight excluding hydrogens is 376 g/mol. The van der Waals surface area contributed by atoms with E-state index in [1.165, 1.54) is 0 Å². The Kier molecular flexibility index (Phi) is 6.80. The van der Waals surface area contributed by atoms with Crippen LogP contribution in [0.2, 0.25) is 0 Å². The molecule has 2 aromatic rings. The van der Waals surface area contributed by atoms with Crippen molar-refractivity contribution in [3.8, 4) is 0 Å². The second-order valence-electron chi connectivity index (χ2n) is 10.4. The first-order valence-corrected chi connectivity index (χ1v) is 10.3. The van der Waals surface area contributed by atoms with Gasteiger partial charge in [0.2, 0.25) is 0 Å². The van der Waals surface area contributed by atoms with E-state index in [-0.39, 0.29) is 17.4 Å². The van der Waals surface area contributed by atoms with E-state index < -0.39 is 17.5 Å². The Hall–Kier alpha value is -2.62. The van der Waals surface area contributed by atoms with Crippen molar-refractivity contribution in [1.29, 1.82) is 0 Å². The number of hydrogen-bond donors (Lipinski definition) is 0. The summed E-state index contributed by atoms with van der Waals surface area (Å²) in [4.78, 5) is 24.9. The van der Waals surface area contributed by atoms with Gasteiger partial charge in [-0.25, -0.2) is 9.59 Å². The maximum atomic E-state index is 12.5. The molecule has 30 heavy (non-hydrogen) atoms. The lowest BCUT2D eigenvalue weighted by molar-refractivity contribution is -0.0370. The molecule has 2 aromatic carbocycles. The Morgan fingerprint density at radius 3 is 1.37 bits per heavy atom. The molecule has 0 heterocycles. The summed E-state index contributed by atoms with van der Waals surface area (Å²) in [6.45, 7) is 16.1. The van der Waals surface area contributed by atoms with Crippen LogP contribution in [0.15, 0.2) is 48.5 Å². The zero-order valence-electron chi connectivity index (χ0n) is 19.5. The molecule has 0 aromatic heterocycles. The predicted octanol–water partition coefficient (Wildman–Crippen LogP) is 6.07. The van der Waals surface area contributed by atoms with E-state index in [9.17, 15) is 9.59 Å². The third-order valence-electron chi connectivity index (χ3n) is 4.89. The number of esters is 2. The minimum Gasteiger partial charge on any atom is -0.458 e. The number of rotatable bonds is 5. The van der Waals surface area contributed by atoms with Crippen LogP contribution < -0.4 is 0 Å². The molecule has 0 saturated heterocycles. The Bertz CT molecular complexity index is 877. The molecule has 4 nitrogen and oxygen atoms in total. The van der Waals surface area contributed by atoms with Crippen LogP contribution >= 0.6 is 0 Å². The quantitative estimate of drug-likeness (QED) is 0.561. The Balaban J connectivity index is 1.96. The highest BCUT2D eigenvalue weighted by atomic mass is 16.6. The summed E-state index contributed by atoms with van der Waals surface area (Å²) in [5.74, 6) is -0.875. The van der Waals surface area contributed by atoms with Crippen molar-refractivity contribution in [2.75, 3.05) is 6.61 Å². The van der Waals surface area contributed by atoms with Crippen molar-refractivity contribution in [3.05, 3.63) is 70.8 Å². The van der Waals surface area contributed by atoms with Gasteiger partial charge in [0, 0.05) is 0 Å². The van der Waals surface area contributed by atoms with Gasteiger partial charge < -0.3 is 9.47 Å². The highest BCUT2D eigenvalue weighted by Crippen LogP contribution is 2.24. The Labute approximate surface area is 180 Å². The maximum absolute atomic E-state index is 12.5. The van der Waals surface area contributed by atoms with E-state index in [1.807, 2.05) is 24.3 Å². The van der Waals surface area contributed by atoms with E-state index in [0.717, 1.165) is 11.1 Å². The topological polar surface area (TPSA) is 52.6 Å². The van der Waals surface area contributed by atoms with E-state index in [1.54, 1.807) is 38.1 Å². The molecule has 0 atom stereocenters. The molecule has 0 amide bonds. The lowest BCUT2D eigenvalue weighted by Crippen LogP contribution is -2.34. The first-order chi connectivity index (χ1) is 13.7. The lowest BCUT2D eigenvalue weighted by atomic mass is 9.87. The number of ether oxygens (including phenoxy) is 2. The van der Waals surface area contributed by atoms with Crippen molar-refractivity contribution >= 4 is 11.9 Å². The van der Waals surface area contributed by atoms with Crippen LogP contribution in [-0.4, -0.2) is 24.1 Å². The number of hydrogen-bond acceptors (Lipinski definition) is 4. The molecule has 0 aliphatic carbocycles. The molecular formula is C26H34O4. The summed E-state index contributed by atoms with van der Waals surface area (Å²) in [6.07, 6.45) is 0. The van der Waals surface area contributed by atoms with Crippen LogP contribution in [0.3, 0.4) is 0 Å². The smallest absolute Gasteiger partial charge is 0.338 e. The molecule has 0 aliphatic heterocycles. The molecule has 0 N–H and O–H groups in total. The molecule has 2 rings (SSSR count). The first-order valence-electron chi connectivity index (χ1n) is 10.3. The van der Waals surface area contributed by atoms with Crippen molar-refractivity contribution in [2.45, 2.75) is 71.8 Å². The van der Waals surface area contributed by atoms with Gasteiger partial charge in [-0.1, -0.05) is 65.8 Å². The lowest BCUT2D eigenvalue weighted by Gasteiger charge is -2.25. The fraction of sp³-hybridized carbons (Fsp3) is 0.462.